The first-order valence-electron chi connectivity index (χ1n) is 7.15. The van der Waals surface area contributed by atoms with Gasteiger partial charge in [0, 0.05) is 36.1 Å². The first-order valence-corrected chi connectivity index (χ1v) is 9.04. The van der Waals surface area contributed by atoms with E-state index in [1.165, 1.54) is 24.3 Å². The predicted octanol–water partition coefficient (Wildman–Crippen LogP) is 3.50. The number of rotatable bonds is 5. The fourth-order valence-electron chi connectivity index (χ4n) is 2.19. The highest BCUT2D eigenvalue weighted by Gasteiger charge is 2.09. The van der Waals surface area contributed by atoms with Crippen molar-refractivity contribution in [3.8, 4) is 11.3 Å². The average molecular weight is 346 g/mol. The summed E-state index contributed by atoms with van der Waals surface area (Å²) in [5.74, 6) is -0.0414. The number of hydrogen-bond donors (Lipinski definition) is 1. The van der Waals surface area contributed by atoms with E-state index in [-0.39, 0.29) is 4.90 Å². The zero-order valence-corrected chi connectivity index (χ0v) is 13.7. The van der Waals surface area contributed by atoms with Gasteiger partial charge in [-0.05, 0) is 18.2 Å². The Hall–Kier alpha value is -2.67. The van der Waals surface area contributed by atoms with Crippen molar-refractivity contribution in [2.24, 2.45) is 0 Å². The molecule has 7 heteroatoms. The summed E-state index contributed by atoms with van der Waals surface area (Å²) in [5.41, 5.74) is 1.97. The van der Waals surface area contributed by atoms with E-state index in [9.17, 15) is 12.8 Å². The number of halogens is 1. The lowest BCUT2D eigenvalue weighted by Crippen LogP contribution is -2.02. The minimum absolute atomic E-state index is 0.209. The fraction of sp³-hybridized carbons (Fsp3) is 0.118. The van der Waals surface area contributed by atoms with Gasteiger partial charge in [0.15, 0.2) is 9.84 Å². The molecule has 0 aliphatic rings. The second-order valence-corrected chi connectivity index (χ2v) is 7.35. The third-order valence-electron chi connectivity index (χ3n) is 3.42. The molecule has 0 saturated heterocycles. The number of nitrogens with zero attached hydrogens (tertiary/aromatic N) is 1. The summed E-state index contributed by atoms with van der Waals surface area (Å²) in [7, 11) is -3.27. The Morgan fingerprint density at radius 2 is 1.92 bits per heavy atom. The average Bonchev–Trinajstić information content (AvgIpc) is 3.05. The second kappa shape index (κ2) is 6.45. The monoisotopic (exact) mass is 346 g/mol. The summed E-state index contributed by atoms with van der Waals surface area (Å²) in [4.78, 5) is 4.57. The number of benzene rings is 1. The number of pyridine rings is 1. The Labute approximate surface area is 139 Å². The van der Waals surface area contributed by atoms with Gasteiger partial charge in [0.2, 0.25) is 0 Å². The maximum absolute atomic E-state index is 13.9. The van der Waals surface area contributed by atoms with Crippen molar-refractivity contribution in [2.45, 2.75) is 11.4 Å². The van der Waals surface area contributed by atoms with Gasteiger partial charge in [-0.25, -0.2) is 17.8 Å². The molecular weight excluding hydrogens is 331 g/mol. The quantitative estimate of drug-likeness (QED) is 0.765. The van der Waals surface area contributed by atoms with Crippen LogP contribution in [0.3, 0.4) is 0 Å². The van der Waals surface area contributed by atoms with Crippen LogP contribution in [0.4, 0.5) is 10.2 Å². The number of furan rings is 1. The molecule has 24 heavy (non-hydrogen) atoms. The van der Waals surface area contributed by atoms with Crippen LogP contribution in [0.15, 0.2) is 64.3 Å². The molecule has 0 aliphatic heterocycles. The van der Waals surface area contributed by atoms with Crippen LogP contribution in [0.5, 0.6) is 0 Å². The van der Waals surface area contributed by atoms with Crippen molar-refractivity contribution >= 4 is 15.7 Å². The maximum Gasteiger partial charge on any atom is 0.175 e. The number of anilines is 1. The molecule has 5 nitrogen and oxygen atoms in total. The first kappa shape index (κ1) is 16.2. The van der Waals surface area contributed by atoms with Gasteiger partial charge in [0.25, 0.3) is 0 Å². The Bertz CT molecular complexity index is 936. The van der Waals surface area contributed by atoms with E-state index in [1.807, 2.05) is 0 Å². The molecule has 2 aromatic heterocycles. The van der Waals surface area contributed by atoms with Crippen LogP contribution in [0.25, 0.3) is 11.3 Å². The van der Waals surface area contributed by atoms with Gasteiger partial charge in [0.1, 0.15) is 11.6 Å². The molecule has 0 bridgehead atoms. The fourth-order valence-corrected chi connectivity index (χ4v) is 2.82. The highest BCUT2D eigenvalue weighted by atomic mass is 32.2. The van der Waals surface area contributed by atoms with Crippen LogP contribution < -0.4 is 5.32 Å². The van der Waals surface area contributed by atoms with E-state index in [1.54, 1.807) is 30.7 Å². The van der Waals surface area contributed by atoms with Crippen molar-refractivity contribution < 1.29 is 17.2 Å². The van der Waals surface area contributed by atoms with Crippen molar-refractivity contribution in [3.63, 3.8) is 0 Å². The Morgan fingerprint density at radius 3 is 2.54 bits per heavy atom. The minimum atomic E-state index is -3.27. The normalized spacial score (nSPS) is 11.4. The van der Waals surface area contributed by atoms with Crippen molar-refractivity contribution in [2.75, 3.05) is 11.6 Å². The zero-order chi connectivity index (χ0) is 17.2. The molecule has 0 fully saturated rings. The summed E-state index contributed by atoms with van der Waals surface area (Å²) in [6.45, 7) is 0.458. The summed E-state index contributed by atoms with van der Waals surface area (Å²) >= 11 is 0. The number of nitrogens with one attached hydrogen (secondary N) is 1. The van der Waals surface area contributed by atoms with E-state index in [4.69, 9.17) is 4.42 Å². The molecule has 0 aliphatic carbocycles. The molecule has 2 heterocycles. The van der Waals surface area contributed by atoms with Crippen LogP contribution in [0, 0.1) is 5.82 Å². The molecule has 1 N–H and O–H groups in total. The zero-order valence-electron chi connectivity index (χ0n) is 12.9. The van der Waals surface area contributed by atoms with E-state index < -0.39 is 15.7 Å². The molecule has 3 aromatic rings. The van der Waals surface area contributed by atoms with Gasteiger partial charge in [-0.3, -0.25) is 0 Å². The summed E-state index contributed by atoms with van der Waals surface area (Å²) in [5, 5.41) is 3.03. The number of sulfone groups is 1. The van der Waals surface area contributed by atoms with Crippen molar-refractivity contribution in [1.29, 1.82) is 0 Å². The lowest BCUT2D eigenvalue weighted by molar-refractivity contribution is 0.564. The molecule has 0 amide bonds. The van der Waals surface area contributed by atoms with Crippen molar-refractivity contribution in [3.05, 3.63) is 66.4 Å². The minimum Gasteiger partial charge on any atom is -0.472 e. The first-order chi connectivity index (χ1) is 11.4. The molecule has 1 aromatic carbocycles. The molecule has 0 radical (unpaired) electrons. The van der Waals surface area contributed by atoms with E-state index in [0.717, 1.165) is 11.8 Å². The maximum atomic E-state index is 13.9. The Balaban J connectivity index is 1.85. The van der Waals surface area contributed by atoms with Gasteiger partial charge >= 0.3 is 0 Å². The third-order valence-corrected chi connectivity index (χ3v) is 4.55. The van der Waals surface area contributed by atoms with Gasteiger partial charge in [-0.1, -0.05) is 12.1 Å². The van der Waals surface area contributed by atoms with Gasteiger partial charge in [0.05, 0.1) is 23.1 Å². The van der Waals surface area contributed by atoms with E-state index in [0.29, 0.717) is 23.6 Å². The molecule has 124 valence electrons. The lowest BCUT2D eigenvalue weighted by atomic mass is 10.1. The smallest absolute Gasteiger partial charge is 0.175 e. The summed E-state index contributed by atoms with van der Waals surface area (Å²) in [6, 6.07) is 10.6. The molecule has 3 rings (SSSR count). The number of aromatic nitrogens is 1. The summed E-state index contributed by atoms with van der Waals surface area (Å²) < 4.78 is 41.8. The molecular formula is C17H15FN2O3S. The standard InChI is InChI=1S/C17H15FN2O3S/c1-24(21,22)15-4-2-13(3-5-15)16-8-14(18)9-17(20-16)19-10-12-6-7-23-11-12/h2-9,11H,10H2,1H3,(H,19,20). The van der Waals surface area contributed by atoms with Crippen LogP contribution in [-0.4, -0.2) is 19.7 Å². The van der Waals surface area contributed by atoms with Crippen LogP contribution in [-0.2, 0) is 16.4 Å². The highest BCUT2D eigenvalue weighted by molar-refractivity contribution is 7.90. The van der Waals surface area contributed by atoms with Gasteiger partial charge in [-0.2, -0.15) is 0 Å². The van der Waals surface area contributed by atoms with Crippen LogP contribution in [0.2, 0.25) is 0 Å². The Morgan fingerprint density at radius 1 is 1.17 bits per heavy atom. The topological polar surface area (TPSA) is 72.2 Å². The van der Waals surface area contributed by atoms with E-state index in [2.05, 4.69) is 10.3 Å². The molecule has 0 saturated carbocycles. The highest BCUT2D eigenvalue weighted by Crippen LogP contribution is 2.22. The predicted molar refractivity (Wildman–Crippen MR) is 88.8 cm³/mol. The molecule has 0 atom stereocenters. The second-order valence-electron chi connectivity index (χ2n) is 5.34. The largest absolute Gasteiger partial charge is 0.472 e. The SMILES string of the molecule is CS(=O)(=O)c1ccc(-c2cc(F)cc(NCc3ccoc3)n2)cc1. The van der Waals surface area contributed by atoms with E-state index >= 15 is 0 Å². The number of hydrogen-bond acceptors (Lipinski definition) is 5. The lowest BCUT2D eigenvalue weighted by Gasteiger charge is -2.08. The molecule has 0 unspecified atom stereocenters. The summed E-state index contributed by atoms with van der Waals surface area (Å²) in [6.07, 6.45) is 4.29. The van der Waals surface area contributed by atoms with Crippen molar-refractivity contribution in [1.82, 2.24) is 4.98 Å². The van der Waals surface area contributed by atoms with Gasteiger partial charge in [-0.15, -0.1) is 0 Å². The molecule has 0 spiro atoms. The van der Waals surface area contributed by atoms with Crippen LogP contribution in [0.1, 0.15) is 5.56 Å². The Kier molecular flexibility index (Phi) is 4.35. The third kappa shape index (κ3) is 3.80. The van der Waals surface area contributed by atoms with Crippen LogP contribution >= 0.6 is 0 Å². The van der Waals surface area contributed by atoms with Gasteiger partial charge < -0.3 is 9.73 Å².